The zero-order valence-corrected chi connectivity index (χ0v) is 21.8. The molecule has 2 amide bonds. The minimum Gasteiger partial charge on any atom is -0.366 e. The van der Waals surface area contributed by atoms with Crippen LogP contribution in [0.5, 0.6) is 0 Å². The van der Waals surface area contributed by atoms with Gasteiger partial charge in [0.2, 0.25) is 5.91 Å². The average molecular weight is 588 g/mol. The molecule has 0 bridgehead atoms. The normalized spacial score (nSPS) is 14.0. The van der Waals surface area contributed by atoms with Crippen LogP contribution in [0, 0.1) is 17.5 Å². The van der Waals surface area contributed by atoms with Crippen molar-refractivity contribution in [2.75, 3.05) is 0 Å². The molecule has 0 radical (unpaired) electrons. The Morgan fingerprint density at radius 3 is 2.40 bits per heavy atom. The first-order valence-corrected chi connectivity index (χ1v) is 12.8. The molecular weight excluding hydrogens is 564 g/mol. The maximum Gasteiger partial charge on any atom is 0.434 e. The van der Waals surface area contributed by atoms with Crippen molar-refractivity contribution in [1.82, 2.24) is 19.9 Å². The maximum atomic E-state index is 14.2. The highest BCUT2D eigenvalue weighted by Gasteiger charge is 2.38. The number of benzene rings is 2. The monoisotopic (exact) mass is 587 g/mol. The minimum absolute atomic E-state index is 0.144. The zero-order valence-electron chi connectivity index (χ0n) is 21.8. The minimum atomic E-state index is -4.70. The van der Waals surface area contributed by atoms with E-state index in [1.165, 1.54) is 18.3 Å². The van der Waals surface area contributed by atoms with Gasteiger partial charge in [-0.15, -0.1) is 0 Å². The number of hydrogen-bond acceptors (Lipinski definition) is 4. The van der Waals surface area contributed by atoms with E-state index in [1.54, 1.807) is 12.1 Å². The largest absolute Gasteiger partial charge is 0.434 e. The predicted molar refractivity (Wildman–Crippen MR) is 138 cm³/mol. The van der Waals surface area contributed by atoms with Gasteiger partial charge in [-0.1, -0.05) is 12.1 Å². The van der Waals surface area contributed by atoms with Gasteiger partial charge in [-0.2, -0.15) is 13.2 Å². The van der Waals surface area contributed by atoms with Gasteiger partial charge in [0.1, 0.15) is 29.8 Å². The number of hydrogen-bond donors (Lipinski definition) is 2. The van der Waals surface area contributed by atoms with Crippen LogP contribution in [0.25, 0.3) is 11.1 Å². The Bertz CT molecular complexity index is 1640. The number of nitrogens with zero attached hydrogens (tertiary/aromatic N) is 3. The summed E-state index contributed by atoms with van der Waals surface area (Å²) >= 11 is 0. The molecule has 0 saturated heterocycles. The Kier molecular flexibility index (Phi) is 7.76. The number of nitrogens with one attached hydrogen (secondary N) is 1. The van der Waals surface area contributed by atoms with Crippen LogP contribution in [0.2, 0.25) is 0 Å². The standard InChI is InChI=1S/C29H23F6N5O2/c30-18-8-15(9-19(31)12-18)10-23(26-20(2-1-7-37-26)17-5-6-22(32)21(11-17)27(36)42)38-25(41)14-40-13-24(29(33,34)35)39-28(40)16-3-4-16/h1-2,5-9,11-13,16,23H,3-4,10,14H2,(H2,36,42)(H,38,41)/t23-/m0/s1. The lowest BCUT2D eigenvalue weighted by Crippen LogP contribution is -2.34. The highest BCUT2D eigenvalue weighted by atomic mass is 19.4. The fourth-order valence-corrected chi connectivity index (χ4v) is 4.76. The summed E-state index contributed by atoms with van der Waals surface area (Å²) < 4.78 is 83.5. The number of alkyl halides is 3. The summed E-state index contributed by atoms with van der Waals surface area (Å²) in [6.07, 6.45) is -1.39. The summed E-state index contributed by atoms with van der Waals surface area (Å²) in [5.74, 6) is -4.32. The van der Waals surface area contributed by atoms with Crippen LogP contribution in [0.15, 0.2) is 60.9 Å². The second-order valence-corrected chi connectivity index (χ2v) is 9.98. The molecule has 1 atom stereocenters. The first-order valence-electron chi connectivity index (χ1n) is 12.8. The molecule has 1 aliphatic rings. The lowest BCUT2D eigenvalue weighted by Gasteiger charge is -2.22. The Morgan fingerprint density at radius 2 is 1.76 bits per heavy atom. The summed E-state index contributed by atoms with van der Waals surface area (Å²) in [5.41, 5.74) is 4.82. The number of pyridine rings is 1. The van der Waals surface area contributed by atoms with Gasteiger partial charge in [-0.3, -0.25) is 14.6 Å². The van der Waals surface area contributed by atoms with E-state index in [0.717, 1.165) is 29.0 Å². The number of aromatic nitrogens is 3. The quantitative estimate of drug-likeness (QED) is 0.254. The SMILES string of the molecule is NC(=O)c1cc(-c2cccnc2[C@H](Cc2cc(F)cc(F)c2)NC(=O)Cn2cc(C(F)(F)F)nc2C2CC2)ccc1F. The Hall–Kier alpha value is -4.68. The topological polar surface area (TPSA) is 103 Å². The van der Waals surface area contributed by atoms with Crippen LogP contribution in [0.1, 0.15) is 57.9 Å². The van der Waals surface area contributed by atoms with Crippen molar-refractivity contribution in [1.29, 1.82) is 0 Å². The zero-order chi connectivity index (χ0) is 30.2. The highest BCUT2D eigenvalue weighted by molar-refractivity contribution is 5.94. The van der Waals surface area contributed by atoms with Crippen LogP contribution in [-0.2, 0) is 23.9 Å². The molecular formula is C29H23F6N5O2. The van der Waals surface area contributed by atoms with Crippen LogP contribution < -0.4 is 11.1 Å². The molecule has 2 heterocycles. The number of rotatable bonds is 9. The summed E-state index contributed by atoms with van der Waals surface area (Å²) in [7, 11) is 0. The summed E-state index contributed by atoms with van der Waals surface area (Å²) in [5, 5.41) is 2.72. The Morgan fingerprint density at radius 1 is 1.05 bits per heavy atom. The molecule has 0 unspecified atom stereocenters. The first kappa shape index (κ1) is 28.8. The lowest BCUT2D eigenvalue weighted by molar-refractivity contribution is -0.141. The molecule has 5 rings (SSSR count). The van der Waals surface area contributed by atoms with Gasteiger partial charge < -0.3 is 15.6 Å². The molecule has 42 heavy (non-hydrogen) atoms. The molecule has 13 heteroatoms. The van der Waals surface area contributed by atoms with E-state index in [0.29, 0.717) is 30.0 Å². The van der Waals surface area contributed by atoms with Crippen LogP contribution >= 0.6 is 0 Å². The summed E-state index contributed by atoms with van der Waals surface area (Å²) in [6.45, 7) is -0.506. The fraction of sp³-hybridized carbons (Fsp3) is 0.241. The van der Waals surface area contributed by atoms with Gasteiger partial charge >= 0.3 is 6.18 Å². The third-order valence-corrected chi connectivity index (χ3v) is 6.76. The van der Waals surface area contributed by atoms with E-state index in [-0.39, 0.29) is 35.0 Å². The molecule has 4 aromatic rings. The van der Waals surface area contributed by atoms with E-state index in [1.807, 2.05) is 0 Å². The molecule has 0 aliphatic heterocycles. The molecule has 2 aromatic carbocycles. The van der Waals surface area contributed by atoms with E-state index >= 15 is 0 Å². The molecule has 218 valence electrons. The van der Waals surface area contributed by atoms with Gasteiger partial charge in [0.15, 0.2) is 5.69 Å². The smallest absolute Gasteiger partial charge is 0.366 e. The number of primary amides is 1. The van der Waals surface area contributed by atoms with Crippen molar-refractivity contribution < 1.29 is 35.9 Å². The van der Waals surface area contributed by atoms with Crippen molar-refractivity contribution in [3.8, 4) is 11.1 Å². The molecule has 1 aliphatic carbocycles. The van der Waals surface area contributed by atoms with Crippen LogP contribution in [-0.4, -0.2) is 26.3 Å². The van der Waals surface area contributed by atoms with Crippen molar-refractivity contribution in [2.24, 2.45) is 5.73 Å². The molecule has 0 spiro atoms. The number of carbonyl (C=O) groups excluding carboxylic acids is 2. The molecule has 2 aromatic heterocycles. The Labute approximate surface area is 235 Å². The van der Waals surface area contributed by atoms with Crippen LogP contribution in [0.3, 0.4) is 0 Å². The average Bonchev–Trinajstić information content (AvgIpc) is 3.66. The maximum absolute atomic E-state index is 14.2. The van der Waals surface area contributed by atoms with E-state index in [9.17, 15) is 35.9 Å². The molecule has 1 fully saturated rings. The second-order valence-electron chi connectivity index (χ2n) is 9.98. The van der Waals surface area contributed by atoms with E-state index in [4.69, 9.17) is 5.73 Å². The summed E-state index contributed by atoms with van der Waals surface area (Å²) in [4.78, 5) is 33.1. The van der Waals surface area contributed by atoms with Gasteiger partial charge in [0, 0.05) is 29.9 Å². The van der Waals surface area contributed by atoms with E-state index < -0.39 is 53.7 Å². The van der Waals surface area contributed by atoms with Crippen molar-refractivity contribution in [3.05, 3.63) is 107 Å². The van der Waals surface area contributed by atoms with Crippen molar-refractivity contribution >= 4 is 11.8 Å². The van der Waals surface area contributed by atoms with Gasteiger partial charge in [0.05, 0.1) is 17.3 Å². The Balaban J connectivity index is 1.51. The van der Waals surface area contributed by atoms with Crippen molar-refractivity contribution in [3.63, 3.8) is 0 Å². The number of imidazole rings is 1. The molecule has 7 nitrogen and oxygen atoms in total. The number of nitrogens with two attached hydrogens (primary N) is 1. The van der Waals surface area contributed by atoms with Gasteiger partial charge in [0.25, 0.3) is 5.91 Å². The van der Waals surface area contributed by atoms with Crippen LogP contribution in [0.4, 0.5) is 26.3 Å². The molecule has 1 saturated carbocycles. The fourth-order valence-electron chi connectivity index (χ4n) is 4.76. The lowest BCUT2D eigenvalue weighted by atomic mass is 9.94. The molecule has 3 N–H and O–H groups in total. The van der Waals surface area contributed by atoms with E-state index in [2.05, 4.69) is 15.3 Å². The third-order valence-electron chi connectivity index (χ3n) is 6.76. The highest BCUT2D eigenvalue weighted by Crippen LogP contribution is 2.41. The second kappa shape index (κ2) is 11.3. The third kappa shape index (κ3) is 6.45. The van der Waals surface area contributed by atoms with Crippen molar-refractivity contribution in [2.45, 2.75) is 43.9 Å². The number of amides is 2. The van der Waals surface area contributed by atoms with Gasteiger partial charge in [-0.25, -0.2) is 18.2 Å². The van der Waals surface area contributed by atoms with Gasteiger partial charge in [-0.05, 0) is 60.7 Å². The number of halogens is 6. The predicted octanol–water partition coefficient (Wildman–Crippen LogP) is 5.46. The first-order chi connectivity index (χ1) is 19.9. The summed E-state index contributed by atoms with van der Waals surface area (Å²) in [6, 6.07) is 8.55. The number of carbonyl (C=O) groups is 2.